The summed E-state index contributed by atoms with van der Waals surface area (Å²) in [5.41, 5.74) is 7.66. The zero-order valence-corrected chi connectivity index (χ0v) is 9.34. The summed E-state index contributed by atoms with van der Waals surface area (Å²) in [5.74, 6) is 0. The molecule has 0 aliphatic carbocycles. The molecule has 0 heterocycles. The van der Waals surface area contributed by atoms with Crippen LogP contribution in [0.25, 0.3) is 0 Å². The van der Waals surface area contributed by atoms with Gasteiger partial charge in [-0.25, -0.2) is 10.2 Å². The van der Waals surface area contributed by atoms with Crippen molar-refractivity contribution in [3.8, 4) is 0 Å². The first-order valence-corrected chi connectivity index (χ1v) is 4.80. The Bertz CT molecular complexity index is 381. The lowest BCUT2D eigenvalue weighted by molar-refractivity contribution is 0.249. The monoisotopic (exact) mass is 275 g/mol. The second kappa shape index (κ2) is 4.97. The lowest BCUT2D eigenvalue weighted by Crippen LogP contribution is -2.24. The maximum absolute atomic E-state index is 10.3. The number of nitrogens with two attached hydrogens (primary N) is 1. The second-order valence-electron chi connectivity index (χ2n) is 2.40. The standard InChI is InChI=1S/C8H7BrClN3O/c9-7-2-1-6(10)3-5(7)4-12-13-8(11)14/h1-4H,(H3,11,13,14). The SMILES string of the molecule is NC(=O)NN=Cc1cc(Cl)ccc1Br. The van der Waals surface area contributed by atoms with Crippen molar-refractivity contribution in [2.24, 2.45) is 10.8 Å². The Morgan fingerprint density at radius 3 is 3.00 bits per heavy atom. The highest BCUT2D eigenvalue weighted by Gasteiger charge is 1.97. The van der Waals surface area contributed by atoms with E-state index < -0.39 is 6.03 Å². The van der Waals surface area contributed by atoms with E-state index in [1.807, 2.05) is 0 Å². The van der Waals surface area contributed by atoms with Gasteiger partial charge in [0.15, 0.2) is 0 Å². The molecule has 1 rings (SSSR count). The minimum absolute atomic E-state index is 0.591. The zero-order valence-electron chi connectivity index (χ0n) is 7.00. The van der Waals surface area contributed by atoms with Crippen molar-refractivity contribution in [3.05, 3.63) is 33.3 Å². The Morgan fingerprint density at radius 2 is 2.36 bits per heavy atom. The van der Waals surface area contributed by atoms with Gasteiger partial charge in [-0.15, -0.1) is 0 Å². The molecular formula is C8H7BrClN3O. The van der Waals surface area contributed by atoms with E-state index in [1.165, 1.54) is 6.21 Å². The van der Waals surface area contributed by atoms with Crippen molar-refractivity contribution in [2.75, 3.05) is 0 Å². The van der Waals surface area contributed by atoms with Gasteiger partial charge in [0.25, 0.3) is 0 Å². The first-order chi connectivity index (χ1) is 6.59. The molecule has 14 heavy (non-hydrogen) atoms. The van der Waals surface area contributed by atoms with Crippen LogP contribution in [0.4, 0.5) is 4.79 Å². The number of nitrogens with zero attached hydrogens (tertiary/aromatic N) is 1. The van der Waals surface area contributed by atoms with Crippen LogP contribution in [0.15, 0.2) is 27.8 Å². The number of benzene rings is 1. The van der Waals surface area contributed by atoms with E-state index in [4.69, 9.17) is 17.3 Å². The third-order valence-electron chi connectivity index (χ3n) is 1.34. The van der Waals surface area contributed by atoms with Gasteiger partial charge in [0.1, 0.15) is 0 Å². The third kappa shape index (κ3) is 3.35. The number of nitrogens with one attached hydrogen (secondary N) is 1. The largest absolute Gasteiger partial charge is 0.350 e. The van der Waals surface area contributed by atoms with Gasteiger partial charge in [-0.05, 0) is 18.2 Å². The number of urea groups is 1. The van der Waals surface area contributed by atoms with Crippen molar-refractivity contribution < 1.29 is 4.79 Å². The summed E-state index contributed by atoms with van der Waals surface area (Å²) in [5, 5.41) is 4.20. The molecule has 0 saturated carbocycles. The molecule has 0 unspecified atom stereocenters. The fourth-order valence-electron chi connectivity index (χ4n) is 0.779. The maximum atomic E-state index is 10.3. The van der Waals surface area contributed by atoms with Crippen LogP contribution < -0.4 is 11.2 Å². The lowest BCUT2D eigenvalue weighted by Gasteiger charge is -1.98. The molecule has 74 valence electrons. The molecule has 4 nitrogen and oxygen atoms in total. The molecule has 0 aromatic heterocycles. The van der Waals surface area contributed by atoms with E-state index in [0.29, 0.717) is 5.02 Å². The number of hydrazone groups is 1. The van der Waals surface area contributed by atoms with Gasteiger partial charge >= 0.3 is 6.03 Å². The average molecular weight is 277 g/mol. The van der Waals surface area contributed by atoms with Crippen LogP contribution in [0.1, 0.15) is 5.56 Å². The molecular weight excluding hydrogens is 269 g/mol. The third-order valence-corrected chi connectivity index (χ3v) is 2.29. The predicted octanol–water partition coefficient (Wildman–Crippen LogP) is 2.10. The number of amides is 2. The summed E-state index contributed by atoms with van der Waals surface area (Å²) in [6, 6.07) is 4.52. The average Bonchev–Trinajstić information content (AvgIpc) is 2.10. The minimum atomic E-state index is -0.709. The lowest BCUT2D eigenvalue weighted by atomic mass is 10.2. The van der Waals surface area contributed by atoms with Crippen LogP contribution in [0.2, 0.25) is 5.02 Å². The topological polar surface area (TPSA) is 67.5 Å². The molecule has 6 heteroatoms. The first-order valence-electron chi connectivity index (χ1n) is 3.63. The molecule has 0 radical (unpaired) electrons. The van der Waals surface area contributed by atoms with Gasteiger partial charge in [-0.1, -0.05) is 27.5 Å². The highest BCUT2D eigenvalue weighted by Crippen LogP contribution is 2.19. The summed E-state index contributed by atoms with van der Waals surface area (Å²) in [4.78, 5) is 10.3. The maximum Gasteiger partial charge on any atom is 0.332 e. The van der Waals surface area contributed by atoms with Gasteiger partial charge in [0, 0.05) is 15.1 Å². The highest BCUT2D eigenvalue weighted by atomic mass is 79.9. The fourth-order valence-corrected chi connectivity index (χ4v) is 1.31. The minimum Gasteiger partial charge on any atom is -0.350 e. The van der Waals surface area contributed by atoms with E-state index in [0.717, 1.165) is 10.0 Å². The van der Waals surface area contributed by atoms with E-state index in [9.17, 15) is 4.79 Å². The Kier molecular flexibility index (Phi) is 3.91. The van der Waals surface area contributed by atoms with Crippen LogP contribution in [0.3, 0.4) is 0 Å². The fraction of sp³-hybridized carbons (Fsp3) is 0. The van der Waals surface area contributed by atoms with Crippen LogP contribution in [-0.2, 0) is 0 Å². The molecule has 1 aromatic rings. The number of rotatable bonds is 2. The van der Waals surface area contributed by atoms with Crippen LogP contribution >= 0.6 is 27.5 Å². The van der Waals surface area contributed by atoms with Crippen LogP contribution in [-0.4, -0.2) is 12.2 Å². The molecule has 0 atom stereocenters. The highest BCUT2D eigenvalue weighted by molar-refractivity contribution is 9.10. The van der Waals surface area contributed by atoms with Gasteiger partial charge in [-0.2, -0.15) is 5.10 Å². The number of hydrogen-bond acceptors (Lipinski definition) is 2. The van der Waals surface area contributed by atoms with Crippen LogP contribution in [0, 0.1) is 0 Å². The van der Waals surface area contributed by atoms with Crippen molar-refractivity contribution >= 4 is 39.8 Å². The number of carbonyl (C=O) groups is 1. The number of hydrogen-bond donors (Lipinski definition) is 2. The van der Waals surface area contributed by atoms with Gasteiger partial charge in [0.05, 0.1) is 6.21 Å². The Labute approximate surface area is 94.2 Å². The zero-order chi connectivity index (χ0) is 10.6. The van der Waals surface area contributed by atoms with E-state index >= 15 is 0 Å². The summed E-state index contributed by atoms with van der Waals surface area (Å²) < 4.78 is 0.830. The normalized spacial score (nSPS) is 10.4. The van der Waals surface area contributed by atoms with Crippen molar-refractivity contribution in [1.82, 2.24) is 5.43 Å². The van der Waals surface area contributed by atoms with Crippen molar-refractivity contribution in [2.45, 2.75) is 0 Å². The predicted molar refractivity (Wildman–Crippen MR) is 59.5 cm³/mol. The van der Waals surface area contributed by atoms with E-state index in [2.05, 4.69) is 26.5 Å². The van der Waals surface area contributed by atoms with Gasteiger partial charge in [0.2, 0.25) is 0 Å². The molecule has 1 aromatic carbocycles. The first kappa shape index (κ1) is 11.0. The molecule has 0 aliphatic heterocycles. The number of primary amides is 1. The summed E-state index contributed by atoms with van der Waals surface area (Å²) in [6.07, 6.45) is 1.45. The quantitative estimate of drug-likeness (QED) is 0.630. The Balaban J connectivity index is 2.80. The summed E-state index contributed by atoms with van der Waals surface area (Å²) in [7, 11) is 0. The summed E-state index contributed by atoms with van der Waals surface area (Å²) in [6.45, 7) is 0. The summed E-state index contributed by atoms with van der Waals surface area (Å²) >= 11 is 9.07. The molecule has 0 spiro atoms. The van der Waals surface area contributed by atoms with E-state index in [1.54, 1.807) is 18.2 Å². The molecule has 0 bridgehead atoms. The van der Waals surface area contributed by atoms with Crippen LogP contribution in [0.5, 0.6) is 0 Å². The van der Waals surface area contributed by atoms with E-state index in [-0.39, 0.29) is 0 Å². The smallest absolute Gasteiger partial charge is 0.332 e. The van der Waals surface area contributed by atoms with Gasteiger partial charge < -0.3 is 5.73 Å². The molecule has 0 fully saturated rings. The Morgan fingerprint density at radius 1 is 1.64 bits per heavy atom. The van der Waals surface area contributed by atoms with Crippen molar-refractivity contribution in [3.63, 3.8) is 0 Å². The molecule has 0 saturated heterocycles. The Hall–Kier alpha value is -1.07. The second-order valence-corrected chi connectivity index (χ2v) is 3.69. The molecule has 2 amide bonds. The number of halogens is 2. The molecule has 3 N–H and O–H groups in total. The number of carbonyl (C=O) groups excluding carboxylic acids is 1. The van der Waals surface area contributed by atoms with Gasteiger partial charge in [-0.3, -0.25) is 0 Å². The molecule has 0 aliphatic rings. The van der Waals surface area contributed by atoms with Crippen molar-refractivity contribution in [1.29, 1.82) is 0 Å².